The molecule has 186 valence electrons. The first-order valence-electron chi connectivity index (χ1n) is 11.3. The zero-order chi connectivity index (χ0) is 25.7. The summed E-state index contributed by atoms with van der Waals surface area (Å²) in [5, 5.41) is 1.68. The minimum Gasteiger partial charge on any atom is -0.493 e. The van der Waals surface area contributed by atoms with Crippen molar-refractivity contribution in [2.24, 2.45) is 0 Å². The monoisotopic (exact) mass is 488 g/mol. The molecule has 1 N–H and O–H groups in total. The topological polar surface area (TPSA) is 88.1 Å². The van der Waals surface area contributed by atoms with Crippen molar-refractivity contribution in [3.63, 3.8) is 0 Å². The number of nitrogens with one attached hydrogen (secondary N) is 1. The van der Waals surface area contributed by atoms with Crippen molar-refractivity contribution in [3.8, 4) is 23.0 Å². The summed E-state index contributed by atoms with van der Waals surface area (Å²) in [6.45, 7) is 1.86. The lowest BCUT2D eigenvalue weighted by molar-refractivity contribution is 0.0186. The minimum absolute atomic E-state index is 0.466. The van der Waals surface area contributed by atoms with E-state index < -0.39 is 12.0 Å². The number of fused-ring (bicyclic) bond motifs is 1. The van der Waals surface area contributed by atoms with Crippen molar-refractivity contribution in [1.29, 1.82) is 0 Å². The molecule has 36 heavy (non-hydrogen) atoms. The van der Waals surface area contributed by atoms with Crippen molar-refractivity contribution < 1.29 is 28.6 Å². The summed E-state index contributed by atoms with van der Waals surface area (Å²) >= 11 is 0. The predicted molar refractivity (Wildman–Crippen MR) is 136 cm³/mol. The van der Waals surface area contributed by atoms with Crippen LogP contribution in [-0.2, 0) is 4.84 Å². The second-order valence-corrected chi connectivity index (χ2v) is 7.99. The fourth-order valence-corrected chi connectivity index (χ4v) is 4.04. The molecule has 1 heterocycles. The smallest absolute Gasteiger partial charge is 0.357 e. The number of hydrogen-bond donors (Lipinski definition) is 1. The van der Waals surface area contributed by atoms with Crippen LogP contribution in [0.3, 0.4) is 0 Å². The second kappa shape index (κ2) is 11.0. The number of carbonyl (C=O) groups excluding carboxylic acids is 1. The molecule has 4 rings (SSSR count). The van der Waals surface area contributed by atoms with Gasteiger partial charge in [0, 0.05) is 11.6 Å². The van der Waals surface area contributed by atoms with Gasteiger partial charge in [0.2, 0.25) is 0 Å². The number of aryl methyl sites for hydroxylation is 1. The van der Waals surface area contributed by atoms with E-state index in [0.717, 1.165) is 21.9 Å². The zero-order valence-corrected chi connectivity index (χ0v) is 20.8. The fourth-order valence-electron chi connectivity index (χ4n) is 4.04. The maximum absolute atomic E-state index is 12.9. The molecule has 3 aromatic carbocycles. The summed E-state index contributed by atoms with van der Waals surface area (Å²) < 4.78 is 21.9. The summed E-state index contributed by atoms with van der Waals surface area (Å²) in [7, 11) is 6.30. The van der Waals surface area contributed by atoms with E-state index >= 15 is 0 Å². The lowest BCUT2D eigenvalue weighted by Gasteiger charge is -2.21. The summed E-state index contributed by atoms with van der Waals surface area (Å²) in [6, 6.07) is 17.7. The third-order valence-electron chi connectivity index (χ3n) is 5.95. The summed E-state index contributed by atoms with van der Waals surface area (Å²) in [5.41, 5.74) is 5.60. The van der Waals surface area contributed by atoms with E-state index in [-0.39, 0.29) is 0 Å². The standard InChI is InChI=1S/C28H28N2O6/c1-17-8-6-7-9-20(17)28(31)36-30-26(19-10-11-22(32-2)23(15-19)33-3)27-21-16-25(35-5)24(34-4)14-18(21)12-13-29-27/h6-16,26,30H,1-5H3. The summed E-state index contributed by atoms with van der Waals surface area (Å²) in [4.78, 5) is 23.2. The van der Waals surface area contributed by atoms with Crippen molar-refractivity contribution in [2.45, 2.75) is 13.0 Å². The van der Waals surface area contributed by atoms with Crippen LogP contribution >= 0.6 is 0 Å². The Hall–Kier alpha value is -4.30. The van der Waals surface area contributed by atoms with E-state index in [0.29, 0.717) is 34.3 Å². The Balaban J connectivity index is 1.82. The first kappa shape index (κ1) is 24.8. The molecule has 0 aliphatic heterocycles. The molecule has 1 atom stereocenters. The van der Waals surface area contributed by atoms with Gasteiger partial charge in [-0.05, 0) is 59.8 Å². The number of aromatic nitrogens is 1. The Morgan fingerprint density at radius 3 is 2.17 bits per heavy atom. The molecule has 1 unspecified atom stereocenters. The number of pyridine rings is 1. The van der Waals surface area contributed by atoms with Gasteiger partial charge in [0.1, 0.15) is 6.04 Å². The van der Waals surface area contributed by atoms with Gasteiger partial charge in [-0.25, -0.2) is 4.79 Å². The second-order valence-electron chi connectivity index (χ2n) is 7.99. The van der Waals surface area contributed by atoms with Crippen molar-refractivity contribution in [3.05, 3.63) is 89.2 Å². The molecular formula is C28H28N2O6. The zero-order valence-electron chi connectivity index (χ0n) is 20.8. The molecule has 0 bridgehead atoms. The Morgan fingerprint density at radius 1 is 0.806 bits per heavy atom. The number of hydroxylamine groups is 1. The number of nitrogens with zero attached hydrogens (tertiary/aromatic N) is 1. The van der Waals surface area contributed by atoms with Gasteiger partial charge in [0.25, 0.3) is 0 Å². The molecule has 4 aromatic rings. The lowest BCUT2D eigenvalue weighted by atomic mass is 9.98. The van der Waals surface area contributed by atoms with Gasteiger partial charge < -0.3 is 23.8 Å². The molecule has 1 aromatic heterocycles. The van der Waals surface area contributed by atoms with Gasteiger partial charge in [0.05, 0.1) is 39.7 Å². The van der Waals surface area contributed by atoms with E-state index in [2.05, 4.69) is 10.5 Å². The van der Waals surface area contributed by atoms with E-state index in [9.17, 15) is 4.79 Å². The van der Waals surface area contributed by atoms with E-state index in [1.54, 1.807) is 52.8 Å². The highest BCUT2D eigenvalue weighted by molar-refractivity contribution is 5.91. The molecule has 0 radical (unpaired) electrons. The van der Waals surface area contributed by atoms with Crippen LogP contribution in [0.2, 0.25) is 0 Å². The average molecular weight is 489 g/mol. The predicted octanol–water partition coefficient (Wildman–Crippen LogP) is 5.03. The number of methoxy groups -OCH3 is 4. The van der Waals surface area contributed by atoms with E-state index in [4.69, 9.17) is 23.8 Å². The van der Waals surface area contributed by atoms with Crippen LogP contribution < -0.4 is 24.4 Å². The highest BCUT2D eigenvalue weighted by Crippen LogP contribution is 2.37. The SMILES string of the molecule is COc1ccc(C(NOC(=O)c2ccccc2C)c2nccc3cc(OC)c(OC)cc23)cc1OC. The number of hydrogen-bond acceptors (Lipinski definition) is 8. The van der Waals surface area contributed by atoms with Crippen molar-refractivity contribution in [2.75, 3.05) is 28.4 Å². The molecule has 0 saturated heterocycles. The van der Waals surface area contributed by atoms with Gasteiger partial charge in [-0.1, -0.05) is 24.3 Å². The van der Waals surface area contributed by atoms with Crippen molar-refractivity contribution in [1.82, 2.24) is 10.5 Å². The minimum atomic E-state index is -0.639. The first-order chi connectivity index (χ1) is 17.5. The van der Waals surface area contributed by atoms with Gasteiger partial charge in [0.15, 0.2) is 23.0 Å². The third-order valence-corrected chi connectivity index (χ3v) is 5.95. The molecule has 8 heteroatoms. The average Bonchev–Trinajstić information content (AvgIpc) is 2.92. The van der Waals surface area contributed by atoms with Gasteiger partial charge in [-0.3, -0.25) is 4.98 Å². The van der Waals surface area contributed by atoms with E-state index in [1.165, 1.54) is 0 Å². The number of rotatable bonds is 9. The van der Waals surface area contributed by atoms with Gasteiger partial charge >= 0.3 is 5.97 Å². The molecule has 0 aliphatic rings. The Bertz CT molecular complexity index is 1390. The molecule has 0 aliphatic carbocycles. The van der Waals surface area contributed by atoms with Crippen LogP contribution in [0, 0.1) is 6.92 Å². The van der Waals surface area contributed by atoms with Crippen LogP contribution in [0.1, 0.15) is 33.2 Å². The molecule has 0 fully saturated rings. The summed E-state index contributed by atoms with van der Waals surface area (Å²) in [6.07, 6.45) is 1.70. The Kier molecular flexibility index (Phi) is 7.56. The number of benzene rings is 3. The van der Waals surface area contributed by atoms with Gasteiger partial charge in [-0.2, -0.15) is 0 Å². The highest BCUT2D eigenvalue weighted by Gasteiger charge is 2.24. The third kappa shape index (κ3) is 4.89. The van der Waals surface area contributed by atoms with E-state index in [1.807, 2.05) is 49.4 Å². The van der Waals surface area contributed by atoms with Crippen LogP contribution in [-0.4, -0.2) is 39.4 Å². The van der Waals surface area contributed by atoms with Crippen LogP contribution in [0.5, 0.6) is 23.0 Å². The Labute approximate surface area is 209 Å². The normalized spacial score (nSPS) is 11.6. The molecule has 0 saturated carbocycles. The maximum Gasteiger partial charge on any atom is 0.357 e. The largest absolute Gasteiger partial charge is 0.493 e. The van der Waals surface area contributed by atoms with Crippen molar-refractivity contribution >= 4 is 16.7 Å². The quantitative estimate of drug-likeness (QED) is 0.328. The molecule has 0 amide bonds. The lowest BCUT2D eigenvalue weighted by Crippen LogP contribution is -2.27. The summed E-state index contributed by atoms with van der Waals surface area (Å²) in [5.74, 6) is 1.77. The molecule has 0 spiro atoms. The van der Waals surface area contributed by atoms with Crippen LogP contribution in [0.25, 0.3) is 10.8 Å². The van der Waals surface area contributed by atoms with Gasteiger partial charge in [-0.15, -0.1) is 5.48 Å². The molecular weight excluding hydrogens is 460 g/mol. The van der Waals surface area contributed by atoms with Crippen LogP contribution in [0.15, 0.2) is 66.9 Å². The maximum atomic E-state index is 12.9. The number of carbonyl (C=O) groups is 1. The molecule has 8 nitrogen and oxygen atoms in total. The van der Waals surface area contributed by atoms with Crippen LogP contribution in [0.4, 0.5) is 0 Å². The Morgan fingerprint density at radius 2 is 1.47 bits per heavy atom. The highest BCUT2D eigenvalue weighted by atomic mass is 16.7. The number of ether oxygens (including phenoxy) is 4. The fraction of sp³-hybridized carbons (Fsp3) is 0.214. The first-order valence-corrected chi connectivity index (χ1v) is 11.3.